The van der Waals surface area contributed by atoms with Crippen LogP contribution in [0.4, 0.5) is 0 Å². The number of carboxylic acids is 1. The van der Waals surface area contributed by atoms with Gasteiger partial charge in [0.25, 0.3) is 0 Å². The monoisotopic (exact) mass is 195 g/mol. The fourth-order valence-electron chi connectivity index (χ4n) is 0.871. The van der Waals surface area contributed by atoms with Gasteiger partial charge in [0.05, 0.1) is 5.69 Å². The highest BCUT2D eigenvalue weighted by Gasteiger charge is 2.10. The summed E-state index contributed by atoms with van der Waals surface area (Å²) < 4.78 is 0. The van der Waals surface area contributed by atoms with E-state index in [0.717, 1.165) is 5.69 Å². The third-order valence-electron chi connectivity index (χ3n) is 1.45. The Labute approximate surface area is 77.1 Å². The molecule has 5 nitrogen and oxygen atoms in total. The summed E-state index contributed by atoms with van der Waals surface area (Å²) in [7, 11) is 0. The van der Waals surface area contributed by atoms with Gasteiger partial charge in [-0.3, -0.25) is 5.10 Å². The van der Waals surface area contributed by atoms with Crippen LogP contribution in [0.1, 0.15) is 10.5 Å². The molecule has 0 radical (unpaired) electrons. The van der Waals surface area contributed by atoms with Crippen LogP contribution in [0.3, 0.4) is 0 Å². The summed E-state index contributed by atoms with van der Waals surface area (Å²) in [6.45, 7) is 0. The van der Waals surface area contributed by atoms with Crippen LogP contribution in [0.2, 0.25) is 0 Å². The van der Waals surface area contributed by atoms with Crippen LogP contribution >= 0.6 is 11.3 Å². The first-order chi connectivity index (χ1) is 6.27. The van der Waals surface area contributed by atoms with Crippen LogP contribution in [-0.2, 0) is 0 Å². The van der Waals surface area contributed by atoms with E-state index in [-0.39, 0.29) is 5.69 Å². The van der Waals surface area contributed by atoms with Gasteiger partial charge < -0.3 is 5.11 Å². The highest BCUT2D eigenvalue weighted by molar-refractivity contribution is 7.13. The van der Waals surface area contributed by atoms with Crippen molar-refractivity contribution in [3.05, 3.63) is 23.3 Å². The number of aromatic nitrogens is 3. The van der Waals surface area contributed by atoms with E-state index in [1.165, 1.54) is 16.7 Å². The van der Waals surface area contributed by atoms with E-state index in [4.69, 9.17) is 5.11 Å². The molecular formula is C7H5N3O2S. The van der Waals surface area contributed by atoms with Gasteiger partial charge >= 0.3 is 5.97 Å². The van der Waals surface area contributed by atoms with E-state index in [2.05, 4.69) is 15.2 Å². The standard InChI is InChI=1S/C7H5N3O2S/c11-7(12)5-3-13-6(9-5)4-1-2-8-10-4/h1-3H,(H,8,10)(H,11,12). The molecule has 0 saturated heterocycles. The number of aromatic amines is 1. The van der Waals surface area contributed by atoms with Crippen LogP contribution in [0.25, 0.3) is 10.7 Å². The number of aromatic carboxylic acids is 1. The van der Waals surface area contributed by atoms with Crippen LogP contribution in [0, 0.1) is 0 Å². The zero-order valence-corrected chi connectivity index (χ0v) is 7.21. The zero-order chi connectivity index (χ0) is 9.26. The normalized spacial score (nSPS) is 10.2. The molecule has 0 unspecified atom stereocenters. The SMILES string of the molecule is O=C(O)c1csc(-c2ccn[nH]2)n1. The van der Waals surface area contributed by atoms with E-state index in [1.54, 1.807) is 12.3 Å². The van der Waals surface area contributed by atoms with Crippen LogP contribution in [-0.4, -0.2) is 26.3 Å². The lowest BCUT2D eigenvalue weighted by molar-refractivity contribution is 0.0691. The van der Waals surface area contributed by atoms with Gasteiger partial charge in [-0.25, -0.2) is 9.78 Å². The molecule has 2 aromatic rings. The van der Waals surface area contributed by atoms with E-state index >= 15 is 0 Å². The van der Waals surface area contributed by atoms with Gasteiger partial charge in [0.15, 0.2) is 5.69 Å². The largest absolute Gasteiger partial charge is 0.476 e. The van der Waals surface area contributed by atoms with Crippen molar-refractivity contribution >= 4 is 17.3 Å². The second kappa shape index (κ2) is 2.98. The van der Waals surface area contributed by atoms with E-state index in [1.807, 2.05) is 0 Å². The van der Waals surface area contributed by atoms with Gasteiger partial charge in [-0.1, -0.05) is 0 Å². The smallest absolute Gasteiger partial charge is 0.355 e. The van der Waals surface area contributed by atoms with Crippen molar-refractivity contribution in [1.82, 2.24) is 15.2 Å². The summed E-state index contributed by atoms with van der Waals surface area (Å²) in [6.07, 6.45) is 1.59. The third-order valence-corrected chi connectivity index (χ3v) is 2.33. The number of nitrogens with one attached hydrogen (secondary N) is 1. The first-order valence-corrected chi connectivity index (χ1v) is 4.34. The van der Waals surface area contributed by atoms with Crippen LogP contribution < -0.4 is 0 Å². The molecule has 0 aliphatic heterocycles. The lowest BCUT2D eigenvalue weighted by Crippen LogP contribution is -1.95. The van der Waals surface area contributed by atoms with Crippen molar-refractivity contribution in [2.45, 2.75) is 0 Å². The summed E-state index contributed by atoms with van der Waals surface area (Å²) in [5, 5.41) is 17.2. The number of nitrogens with zero attached hydrogens (tertiary/aromatic N) is 2. The molecule has 66 valence electrons. The second-order valence-corrected chi connectivity index (χ2v) is 3.17. The van der Waals surface area contributed by atoms with Gasteiger partial charge in [0, 0.05) is 11.6 Å². The molecule has 0 aromatic carbocycles. The van der Waals surface area contributed by atoms with E-state index < -0.39 is 5.97 Å². The van der Waals surface area contributed by atoms with Gasteiger partial charge in [0.1, 0.15) is 5.01 Å². The molecular weight excluding hydrogens is 190 g/mol. The maximum Gasteiger partial charge on any atom is 0.355 e. The molecule has 2 rings (SSSR count). The summed E-state index contributed by atoms with van der Waals surface area (Å²) >= 11 is 1.27. The number of hydrogen-bond acceptors (Lipinski definition) is 4. The first kappa shape index (κ1) is 7.93. The molecule has 2 heterocycles. The summed E-state index contributed by atoms with van der Waals surface area (Å²) in [5.74, 6) is -1.01. The summed E-state index contributed by atoms with van der Waals surface area (Å²) in [5.41, 5.74) is 0.798. The predicted molar refractivity (Wildman–Crippen MR) is 46.7 cm³/mol. The topological polar surface area (TPSA) is 78.9 Å². The Bertz CT molecular complexity index is 421. The van der Waals surface area contributed by atoms with Gasteiger partial charge in [-0.05, 0) is 6.07 Å². The molecule has 0 fully saturated rings. The minimum Gasteiger partial charge on any atom is -0.476 e. The number of carbonyl (C=O) groups is 1. The van der Waals surface area contributed by atoms with Crippen LogP contribution in [0.15, 0.2) is 17.6 Å². The molecule has 0 amide bonds. The summed E-state index contributed by atoms with van der Waals surface area (Å²) in [6, 6.07) is 1.74. The minimum absolute atomic E-state index is 0.0644. The minimum atomic E-state index is -1.01. The molecule has 0 spiro atoms. The Morgan fingerprint density at radius 3 is 3.00 bits per heavy atom. The Morgan fingerprint density at radius 1 is 1.62 bits per heavy atom. The van der Waals surface area contributed by atoms with Gasteiger partial charge in [0.2, 0.25) is 0 Å². The number of H-pyrrole nitrogens is 1. The number of hydrogen-bond donors (Lipinski definition) is 2. The predicted octanol–water partition coefficient (Wildman–Crippen LogP) is 1.23. The Kier molecular flexibility index (Phi) is 1.82. The molecule has 0 atom stereocenters. The van der Waals surface area contributed by atoms with E-state index in [0.29, 0.717) is 5.01 Å². The highest BCUT2D eigenvalue weighted by atomic mass is 32.1. The van der Waals surface area contributed by atoms with Gasteiger partial charge in [-0.15, -0.1) is 11.3 Å². The molecule has 13 heavy (non-hydrogen) atoms. The van der Waals surface area contributed by atoms with Crippen molar-refractivity contribution in [2.24, 2.45) is 0 Å². The fourth-order valence-corrected chi connectivity index (χ4v) is 1.64. The van der Waals surface area contributed by atoms with Crippen molar-refractivity contribution in [3.63, 3.8) is 0 Å². The van der Waals surface area contributed by atoms with Crippen LogP contribution in [0.5, 0.6) is 0 Å². The molecule has 0 saturated carbocycles. The average molecular weight is 195 g/mol. The summed E-state index contributed by atoms with van der Waals surface area (Å²) in [4.78, 5) is 14.4. The van der Waals surface area contributed by atoms with Crippen molar-refractivity contribution in [1.29, 1.82) is 0 Å². The zero-order valence-electron chi connectivity index (χ0n) is 6.39. The van der Waals surface area contributed by atoms with Crippen molar-refractivity contribution in [3.8, 4) is 10.7 Å². The Hall–Kier alpha value is -1.69. The molecule has 2 aromatic heterocycles. The van der Waals surface area contributed by atoms with Gasteiger partial charge in [-0.2, -0.15) is 5.10 Å². The number of carboxylic acid groups (broad SMARTS) is 1. The number of rotatable bonds is 2. The molecule has 6 heteroatoms. The Morgan fingerprint density at radius 2 is 2.46 bits per heavy atom. The lowest BCUT2D eigenvalue weighted by atomic mass is 10.4. The van der Waals surface area contributed by atoms with Crippen molar-refractivity contribution in [2.75, 3.05) is 0 Å². The fraction of sp³-hybridized carbons (Fsp3) is 0. The molecule has 0 aliphatic rings. The molecule has 2 N–H and O–H groups in total. The average Bonchev–Trinajstić information content (AvgIpc) is 2.75. The number of thiazole rings is 1. The first-order valence-electron chi connectivity index (χ1n) is 3.46. The Balaban J connectivity index is 2.39. The third kappa shape index (κ3) is 1.43. The molecule has 0 aliphatic carbocycles. The second-order valence-electron chi connectivity index (χ2n) is 2.31. The highest BCUT2D eigenvalue weighted by Crippen LogP contribution is 2.20. The maximum absolute atomic E-state index is 10.5. The van der Waals surface area contributed by atoms with Crippen molar-refractivity contribution < 1.29 is 9.90 Å². The molecule has 0 bridgehead atoms. The lowest BCUT2D eigenvalue weighted by Gasteiger charge is -1.86. The van der Waals surface area contributed by atoms with E-state index in [9.17, 15) is 4.79 Å². The quantitative estimate of drug-likeness (QED) is 0.755. The maximum atomic E-state index is 10.5.